The van der Waals surface area contributed by atoms with Crippen LogP contribution in [0.25, 0.3) is 0 Å². The lowest BCUT2D eigenvalue weighted by molar-refractivity contribution is 0.382. The van der Waals surface area contributed by atoms with Crippen LogP contribution in [-0.4, -0.2) is 48.5 Å². The number of anilines is 1. The fraction of sp³-hybridized carbons (Fsp3) is 0.375. The predicted molar refractivity (Wildman–Crippen MR) is 91.5 cm³/mol. The first kappa shape index (κ1) is 18.5. The molecule has 2 aromatic rings. The van der Waals surface area contributed by atoms with E-state index in [1.165, 1.54) is 15.1 Å². The highest BCUT2D eigenvalue weighted by Gasteiger charge is 2.30. The second kappa shape index (κ2) is 7.12. The Morgan fingerprint density at radius 1 is 1.12 bits per heavy atom. The quantitative estimate of drug-likeness (QED) is 0.788. The summed E-state index contributed by atoms with van der Waals surface area (Å²) in [7, 11) is -3.93. The van der Waals surface area contributed by atoms with Crippen molar-refractivity contribution in [2.24, 2.45) is 0 Å². The first-order valence-corrected chi connectivity index (χ1v) is 9.54. The van der Waals surface area contributed by atoms with Crippen LogP contribution in [0.4, 0.5) is 14.6 Å². The van der Waals surface area contributed by atoms with Gasteiger partial charge in [0.15, 0.2) is 17.5 Å². The van der Waals surface area contributed by atoms with Crippen molar-refractivity contribution in [3.63, 3.8) is 0 Å². The number of hydrogen-bond acceptors (Lipinski definition) is 5. The third-order valence-electron chi connectivity index (χ3n) is 4.30. The Bertz CT molecular complexity index is 970. The normalized spacial score (nSPS) is 16.0. The number of piperazine rings is 1. The van der Waals surface area contributed by atoms with Gasteiger partial charge in [-0.05, 0) is 25.1 Å². The van der Waals surface area contributed by atoms with Crippen LogP contribution in [0, 0.1) is 11.6 Å². The zero-order valence-corrected chi connectivity index (χ0v) is 14.9. The molecule has 0 spiro atoms. The molecule has 0 aliphatic carbocycles. The van der Waals surface area contributed by atoms with Crippen LogP contribution in [0.2, 0.25) is 0 Å². The van der Waals surface area contributed by atoms with Gasteiger partial charge in [-0.25, -0.2) is 22.2 Å². The van der Waals surface area contributed by atoms with Crippen molar-refractivity contribution in [3.05, 3.63) is 52.6 Å². The van der Waals surface area contributed by atoms with Crippen molar-refractivity contribution in [1.82, 2.24) is 13.9 Å². The standard InChI is InChI=1S/C16H18F2N4O3S/c1-2-20-6-5-19-15(16(20)23)21-7-9-22(10-8-21)26(24,25)12-3-4-13(17)14(18)11-12/h3-6,11H,2,7-10H2,1H3. The maximum Gasteiger partial charge on any atom is 0.293 e. The van der Waals surface area contributed by atoms with Gasteiger partial charge in [-0.1, -0.05) is 0 Å². The average Bonchev–Trinajstić information content (AvgIpc) is 2.64. The fourth-order valence-corrected chi connectivity index (χ4v) is 4.26. The summed E-state index contributed by atoms with van der Waals surface area (Å²) in [6.45, 7) is 3.14. The Morgan fingerprint density at radius 2 is 1.81 bits per heavy atom. The van der Waals surface area contributed by atoms with Crippen LogP contribution in [0.5, 0.6) is 0 Å². The first-order valence-electron chi connectivity index (χ1n) is 8.10. The molecule has 0 atom stereocenters. The van der Waals surface area contributed by atoms with Gasteiger partial charge in [-0.3, -0.25) is 4.79 Å². The molecule has 1 aliphatic rings. The minimum Gasteiger partial charge on any atom is -0.349 e. The molecule has 26 heavy (non-hydrogen) atoms. The van der Waals surface area contributed by atoms with E-state index in [2.05, 4.69) is 4.98 Å². The number of sulfonamides is 1. The largest absolute Gasteiger partial charge is 0.349 e. The van der Waals surface area contributed by atoms with Gasteiger partial charge in [0.25, 0.3) is 5.56 Å². The third-order valence-corrected chi connectivity index (χ3v) is 6.20. The average molecular weight is 384 g/mol. The molecule has 0 amide bonds. The molecule has 1 fully saturated rings. The molecule has 1 aromatic heterocycles. The van der Waals surface area contributed by atoms with E-state index in [1.54, 1.807) is 11.1 Å². The molecule has 0 radical (unpaired) electrons. The van der Waals surface area contributed by atoms with Gasteiger partial charge in [0.1, 0.15) is 0 Å². The van der Waals surface area contributed by atoms with Gasteiger partial charge in [0.05, 0.1) is 4.90 Å². The molecule has 1 aromatic carbocycles. The SMILES string of the molecule is CCn1ccnc(N2CCN(S(=O)(=O)c3ccc(F)c(F)c3)CC2)c1=O. The second-order valence-electron chi connectivity index (χ2n) is 5.81. The Kier molecular flexibility index (Phi) is 5.05. The van der Waals surface area contributed by atoms with Crippen molar-refractivity contribution in [3.8, 4) is 0 Å². The van der Waals surface area contributed by atoms with E-state index in [9.17, 15) is 22.0 Å². The zero-order valence-electron chi connectivity index (χ0n) is 14.1. The molecule has 0 unspecified atom stereocenters. The summed E-state index contributed by atoms with van der Waals surface area (Å²) in [6, 6.07) is 2.51. The molecular formula is C16H18F2N4O3S. The van der Waals surface area contributed by atoms with Crippen molar-refractivity contribution >= 4 is 15.8 Å². The third kappa shape index (κ3) is 3.34. The number of aryl methyl sites for hydroxylation is 1. The predicted octanol–water partition coefficient (Wildman–Crippen LogP) is 1.05. The summed E-state index contributed by atoms with van der Waals surface area (Å²) in [5.74, 6) is -2.03. The van der Waals surface area contributed by atoms with Gasteiger partial charge < -0.3 is 9.47 Å². The summed E-state index contributed by atoms with van der Waals surface area (Å²) in [5, 5.41) is 0. The van der Waals surface area contributed by atoms with E-state index >= 15 is 0 Å². The van der Waals surface area contributed by atoms with Crippen LogP contribution in [0.15, 0.2) is 40.3 Å². The molecule has 0 bridgehead atoms. The van der Waals surface area contributed by atoms with Gasteiger partial charge in [-0.15, -0.1) is 0 Å². The summed E-state index contributed by atoms with van der Waals surface area (Å²) in [5.41, 5.74) is -0.230. The van der Waals surface area contributed by atoms with Crippen LogP contribution in [0.1, 0.15) is 6.92 Å². The highest BCUT2D eigenvalue weighted by atomic mass is 32.2. The summed E-state index contributed by atoms with van der Waals surface area (Å²) < 4.78 is 54.3. The van der Waals surface area contributed by atoms with Crippen molar-refractivity contribution in [1.29, 1.82) is 0 Å². The fourth-order valence-electron chi connectivity index (χ4n) is 2.83. The van der Waals surface area contributed by atoms with Gasteiger partial charge in [0.2, 0.25) is 10.0 Å². The highest BCUT2D eigenvalue weighted by molar-refractivity contribution is 7.89. The maximum absolute atomic E-state index is 13.4. The van der Waals surface area contributed by atoms with Gasteiger partial charge in [0, 0.05) is 45.1 Å². The number of nitrogens with zero attached hydrogens (tertiary/aromatic N) is 4. The lowest BCUT2D eigenvalue weighted by Gasteiger charge is -2.34. The van der Waals surface area contributed by atoms with Gasteiger partial charge >= 0.3 is 0 Å². The summed E-state index contributed by atoms with van der Waals surface area (Å²) >= 11 is 0. The minimum absolute atomic E-state index is 0.115. The summed E-state index contributed by atoms with van der Waals surface area (Å²) in [4.78, 5) is 17.9. The van der Waals surface area contributed by atoms with E-state index in [4.69, 9.17) is 0 Å². The Hall–Kier alpha value is -2.33. The molecule has 0 saturated carbocycles. The maximum atomic E-state index is 13.4. The number of halogens is 2. The van der Waals surface area contributed by atoms with E-state index < -0.39 is 21.7 Å². The molecule has 7 nitrogen and oxygen atoms in total. The first-order chi connectivity index (χ1) is 12.3. The highest BCUT2D eigenvalue weighted by Crippen LogP contribution is 2.20. The molecule has 3 rings (SSSR count). The molecule has 0 N–H and O–H groups in total. The Morgan fingerprint density at radius 3 is 2.42 bits per heavy atom. The zero-order chi connectivity index (χ0) is 18.9. The lowest BCUT2D eigenvalue weighted by Crippen LogP contribution is -2.50. The number of rotatable bonds is 4. The topological polar surface area (TPSA) is 75.5 Å². The van der Waals surface area contributed by atoms with Crippen LogP contribution in [0.3, 0.4) is 0 Å². The summed E-state index contributed by atoms with van der Waals surface area (Å²) in [6.07, 6.45) is 3.13. The molecule has 1 aliphatic heterocycles. The van der Waals surface area contributed by atoms with E-state index in [1.807, 2.05) is 6.92 Å². The van der Waals surface area contributed by atoms with Crippen LogP contribution >= 0.6 is 0 Å². The van der Waals surface area contributed by atoms with E-state index in [0.29, 0.717) is 12.6 Å². The van der Waals surface area contributed by atoms with Crippen LogP contribution < -0.4 is 10.5 Å². The minimum atomic E-state index is -3.93. The number of hydrogen-bond donors (Lipinski definition) is 0. The van der Waals surface area contributed by atoms with E-state index in [-0.39, 0.29) is 42.5 Å². The smallest absolute Gasteiger partial charge is 0.293 e. The second-order valence-corrected chi connectivity index (χ2v) is 7.75. The number of aromatic nitrogens is 2. The van der Waals surface area contributed by atoms with Crippen molar-refractivity contribution in [2.45, 2.75) is 18.4 Å². The number of benzene rings is 1. The van der Waals surface area contributed by atoms with Crippen molar-refractivity contribution in [2.75, 3.05) is 31.1 Å². The Balaban J connectivity index is 1.78. The van der Waals surface area contributed by atoms with Crippen LogP contribution in [-0.2, 0) is 16.6 Å². The molecule has 2 heterocycles. The Labute approximate surface area is 149 Å². The molecule has 1 saturated heterocycles. The van der Waals surface area contributed by atoms with Gasteiger partial charge in [-0.2, -0.15) is 4.31 Å². The molecule has 10 heteroatoms. The molecular weight excluding hydrogens is 366 g/mol. The lowest BCUT2D eigenvalue weighted by atomic mass is 10.3. The van der Waals surface area contributed by atoms with Crippen molar-refractivity contribution < 1.29 is 17.2 Å². The van der Waals surface area contributed by atoms with E-state index in [0.717, 1.165) is 12.1 Å². The molecule has 140 valence electrons. The monoisotopic (exact) mass is 384 g/mol.